The lowest BCUT2D eigenvalue weighted by molar-refractivity contribution is 0.633. The van der Waals surface area contributed by atoms with E-state index in [1.807, 2.05) is 24.3 Å². The number of nitrogens with zero attached hydrogens (tertiary/aromatic N) is 4. The molecule has 8 N–H and O–H groups in total. The molecule has 0 fully saturated rings. The quantitative estimate of drug-likeness (QED) is 0.383. The second-order valence-corrected chi connectivity index (χ2v) is 5.16. The van der Waals surface area contributed by atoms with Gasteiger partial charge in [-0.1, -0.05) is 24.3 Å². The van der Waals surface area contributed by atoms with Gasteiger partial charge in [0.05, 0.1) is 25.8 Å². The van der Waals surface area contributed by atoms with E-state index >= 15 is 0 Å². The Labute approximate surface area is 163 Å². The molecule has 0 aliphatic heterocycles. The highest BCUT2D eigenvalue weighted by Gasteiger charge is 2.02. The summed E-state index contributed by atoms with van der Waals surface area (Å²) in [5.41, 5.74) is 23.5. The summed E-state index contributed by atoms with van der Waals surface area (Å²) in [6.07, 6.45) is 1.57. The van der Waals surface area contributed by atoms with Gasteiger partial charge in [0.25, 0.3) is 5.56 Å². The molecule has 0 amide bonds. The highest BCUT2D eigenvalue weighted by atomic mass is 35.5. The van der Waals surface area contributed by atoms with Gasteiger partial charge >= 0.3 is 0 Å². The van der Waals surface area contributed by atoms with E-state index < -0.39 is 0 Å². The van der Waals surface area contributed by atoms with Crippen LogP contribution < -0.4 is 28.5 Å². The lowest BCUT2D eigenvalue weighted by Gasteiger charge is -2.06. The van der Waals surface area contributed by atoms with Crippen molar-refractivity contribution in [1.29, 1.82) is 0 Å². The molecule has 2 aromatic rings. The van der Waals surface area contributed by atoms with Crippen LogP contribution in [0.15, 0.2) is 51.3 Å². The minimum absolute atomic E-state index is 0. The molecule has 2 rings (SSSR count). The van der Waals surface area contributed by atoms with Crippen LogP contribution in [0.3, 0.4) is 0 Å². The first-order valence-corrected chi connectivity index (χ1v) is 7.18. The largest absolute Gasteiger partial charge is 0.370 e. The molecular weight excluding hydrogens is 379 g/mol. The van der Waals surface area contributed by atoms with Crippen LogP contribution in [-0.2, 0) is 19.6 Å². The second kappa shape index (κ2) is 11.0. The third-order valence-corrected chi connectivity index (χ3v) is 3.17. The SMILES string of the molecule is Cl.Cl.NC(N)=NCc1ccc(Cn2ncc(CN=C(N)N)cc2=O)cc1. The molecule has 9 nitrogen and oxygen atoms in total. The predicted octanol–water partition coefficient (Wildman–Crippen LogP) is -0.318. The molecule has 0 radical (unpaired) electrons. The number of aromatic nitrogens is 2. The Bertz CT molecular complexity index is 809. The molecule has 0 aliphatic rings. The minimum atomic E-state index is -0.220. The first-order valence-electron chi connectivity index (χ1n) is 7.18. The van der Waals surface area contributed by atoms with Crippen LogP contribution in [0, 0.1) is 0 Å². The Morgan fingerprint density at radius 3 is 1.88 bits per heavy atom. The summed E-state index contributed by atoms with van der Waals surface area (Å²) in [6.45, 7) is 1.01. The zero-order valence-electron chi connectivity index (χ0n) is 13.9. The van der Waals surface area contributed by atoms with E-state index in [4.69, 9.17) is 22.9 Å². The number of benzene rings is 1. The molecule has 0 aliphatic carbocycles. The number of hydrogen-bond acceptors (Lipinski definition) is 4. The first kappa shape index (κ1) is 23.2. The van der Waals surface area contributed by atoms with Gasteiger partial charge < -0.3 is 22.9 Å². The van der Waals surface area contributed by atoms with Crippen molar-refractivity contribution in [2.75, 3.05) is 0 Å². The zero-order chi connectivity index (χ0) is 17.5. The molecule has 26 heavy (non-hydrogen) atoms. The zero-order valence-corrected chi connectivity index (χ0v) is 15.5. The third-order valence-electron chi connectivity index (χ3n) is 3.17. The maximum atomic E-state index is 12.1. The molecule has 1 heterocycles. The molecular formula is C15H22Cl2N8O. The summed E-state index contributed by atoms with van der Waals surface area (Å²) in [4.78, 5) is 19.9. The van der Waals surface area contributed by atoms with Crippen LogP contribution in [0.5, 0.6) is 0 Å². The smallest absolute Gasteiger partial charge is 0.267 e. The lowest BCUT2D eigenvalue weighted by Crippen LogP contribution is -2.24. The average Bonchev–Trinajstić information content (AvgIpc) is 2.54. The lowest BCUT2D eigenvalue weighted by atomic mass is 10.1. The maximum absolute atomic E-state index is 12.1. The van der Waals surface area contributed by atoms with Gasteiger partial charge in [-0.25, -0.2) is 14.7 Å². The summed E-state index contributed by atoms with van der Waals surface area (Å²) >= 11 is 0. The number of hydrogen-bond donors (Lipinski definition) is 4. The second-order valence-electron chi connectivity index (χ2n) is 5.16. The fourth-order valence-electron chi connectivity index (χ4n) is 1.96. The van der Waals surface area contributed by atoms with E-state index in [0.29, 0.717) is 18.7 Å². The van der Waals surface area contributed by atoms with E-state index in [2.05, 4.69) is 15.1 Å². The van der Waals surface area contributed by atoms with Crippen molar-refractivity contribution >= 4 is 36.7 Å². The van der Waals surface area contributed by atoms with Gasteiger partial charge in [-0.05, 0) is 16.7 Å². The molecule has 0 unspecified atom stereocenters. The molecule has 1 aromatic heterocycles. The van der Waals surface area contributed by atoms with Gasteiger partial charge in [-0.3, -0.25) is 4.79 Å². The summed E-state index contributed by atoms with van der Waals surface area (Å²) < 4.78 is 1.37. The van der Waals surface area contributed by atoms with Crippen molar-refractivity contribution in [2.45, 2.75) is 19.6 Å². The number of halogens is 2. The van der Waals surface area contributed by atoms with Gasteiger partial charge in [0.15, 0.2) is 11.9 Å². The van der Waals surface area contributed by atoms with Crippen molar-refractivity contribution in [2.24, 2.45) is 32.9 Å². The molecule has 1 aromatic carbocycles. The van der Waals surface area contributed by atoms with E-state index in [-0.39, 0.29) is 48.8 Å². The molecule has 0 atom stereocenters. The van der Waals surface area contributed by atoms with E-state index in [9.17, 15) is 4.79 Å². The Morgan fingerprint density at radius 2 is 1.38 bits per heavy atom. The van der Waals surface area contributed by atoms with Crippen LogP contribution in [0.4, 0.5) is 0 Å². The van der Waals surface area contributed by atoms with Crippen molar-refractivity contribution in [3.63, 3.8) is 0 Å². The molecule has 0 spiro atoms. The number of aliphatic imine (C=N–C) groups is 2. The molecule has 0 saturated heterocycles. The number of rotatable bonds is 6. The van der Waals surface area contributed by atoms with E-state index in [1.165, 1.54) is 10.7 Å². The van der Waals surface area contributed by atoms with Gasteiger partial charge in [0.1, 0.15) is 0 Å². The van der Waals surface area contributed by atoms with Crippen molar-refractivity contribution in [3.05, 3.63) is 63.6 Å². The first-order chi connectivity index (χ1) is 11.4. The molecule has 11 heteroatoms. The van der Waals surface area contributed by atoms with E-state index in [1.54, 1.807) is 6.20 Å². The monoisotopic (exact) mass is 400 g/mol. The van der Waals surface area contributed by atoms with Crippen LogP contribution >= 0.6 is 24.8 Å². The van der Waals surface area contributed by atoms with Crippen LogP contribution in [0.1, 0.15) is 16.7 Å². The Balaban J connectivity index is 0.00000312. The highest BCUT2D eigenvalue weighted by Crippen LogP contribution is 2.06. The maximum Gasteiger partial charge on any atom is 0.267 e. The van der Waals surface area contributed by atoms with Crippen molar-refractivity contribution in [3.8, 4) is 0 Å². The number of guanidine groups is 2. The molecule has 0 saturated carbocycles. The minimum Gasteiger partial charge on any atom is -0.370 e. The highest BCUT2D eigenvalue weighted by molar-refractivity contribution is 5.85. The number of nitrogens with two attached hydrogens (primary N) is 4. The Morgan fingerprint density at radius 1 is 0.885 bits per heavy atom. The summed E-state index contributed by atoms with van der Waals surface area (Å²) in [5, 5.41) is 4.13. The molecule has 142 valence electrons. The van der Waals surface area contributed by atoms with Crippen molar-refractivity contribution in [1.82, 2.24) is 9.78 Å². The van der Waals surface area contributed by atoms with Crippen LogP contribution in [-0.4, -0.2) is 21.7 Å². The Kier molecular flexibility index (Phi) is 9.78. The Hall–Kier alpha value is -2.78. The normalized spacial score (nSPS) is 9.38. The van der Waals surface area contributed by atoms with Gasteiger partial charge in [0.2, 0.25) is 0 Å². The van der Waals surface area contributed by atoms with Crippen LogP contribution in [0.25, 0.3) is 0 Å². The van der Waals surface area contributed by atoms with Gasteiger partial charge in [-0.2, -0.15) is 5.10 Å². The summed E-state index contributed by atoms with van der Waals surface area (Å²) in [5.74, 6) is 0.0237. The van der Waals surface area contributed by atoms with Gasteiger partial charge in [0, 0.05) is 6.07 Å². The fourth-order valence-corrected chi connectivity index (χ4v) is 1.96. The summed E-state index contributed by atoms with van der Waals surface area (Å²) in [6, 6.07) is 9.07. The molecule has 0 bridgehead atoms. The fraction of sp³-hybridized carbons (Fsp3) is 0.200. The average molecular weight is 401 g/mol. The van der Waals surface area contributed by atoms with Crippen molar-refractivity contribution < 1.29 is 0 Å². The predicted molar refractivity (Wildman–Crippen MR) is 108 cm³/mol. The standard InChI is InChI=1S/C15H20N8O.2ClH/c16-14(17)20-6-10-1-3-11(4-2-10)9-23-13(24)5-12(8-22-23)7-21-15(18)19;;/h1-5,8H,6-7,9H2,(H4,16,17,20)(H4,18,19,21);2*1H. The van der Waals surface area contributed by atoms with Crippen LogP contribution in [0.2, 0.25) is 0 Å². The topological polar surface area (TPSA) is 164 Å². The summed E-state index contributed by atoms with van der Waals surface area (Å²) in [7, 11) is 0. The van der Waals surface area contributed by atoms with E-state index in [0.717, 1.165) is 11.1 Å². The van der Waals surface area contributed by atoms with Gasteiger partial charge in [-0.15, -0.1) is 24.8 Å². The third kappa shape index (κ3) is 7.41.